The highest BCUT2D eigenvalue weighted by atomic mass is 35.5. The van der Waals surface area contributed by atoms with Gasteiger partial charge in [0.05, 0.1) is 6.61 Å². The molecule has 0 bridgehead atoms. The number of hydrogen-bond donors (Lipinski definition) is 0. The summed E-state index contributed by atoms with van der Waals surface area (Å²) in [5, 5.41) is 9.59. The van der Waals surface area contributed by atoms with Gasteiger partial charge in [-0.25, -0.2) is 9.50 Å². The molecular formula is C4H7ClFO2. The monoisotopic (exact) mass is 141 g/mol. The highest BCUT2D eigenvalue weighted by Crippen LogP contribution is 1.91. The maximum Gasteiger partial charge on any atom is 0.225 e. The zero-order valence-electron chi connectivity index (χ0n) is 4.27. The Morgan fingerprint density at radius 2 is 2.38 bits per heavy atom. The molecule has 1 atom stereocenters. The average molecular weight is 142 g/mol. The highest BCUT2D eigenvalue weighted by Gasteiger charge is 2.01. The van der Waals surface area contributed by atoms with Crippen molar-refractivity contribution in [3.8, 4) is 0 Å². The first-order valence-electron chi connectivity index (χ1n) is 2.21. The fourth-order valence-corrected chi connectivity index (χ4v) is 0.310. The minimum absolute atomic E-state index is 0.102. The second-order valence-electron chi connectivity index (χ2n) is 1.14. The summed E-state index contributed by atoms with van der Waals surface area (Å²) in [5.74, 6) is 0.223. The van der Waals surface area contributed by atoms with Gasteiger partial charge >= 0.3 is 0 Å². The van der Waals surface area contributed by atoms with Crippen LogP contribution in [-0.4, -0.2) is 25.5 Å². The summed E-state index contributed by atoms with van der Waals surface area (Å²) >= 11 is 5.11. The van der Waals surface area contributed by atoms with E-state index in [4.69, 9.17) is 11.6 Å². The van der Waals surface area contributed by atoms with Crippen LogP contribution >= 0.6 is 11.6 Å². The van der Waals surface area contributed by atoms with Crippen LogP contribution in [0.4, 0.5) is 4.39 Å². The third-order valence-electron chi connectivity index (χ3n) is 0.507. The second-order valence-corrected chi connectivity index (χ2v) is 1.51. The van der Waals surface area contributed by atoms with Crippen molar-refractivity contribution in [3.05, 3.63) is 0 Å². The molecule has 0 amide bonds. The predicted octanol–water partition coefficient (Wildman–Crippen LogP) is 0.968. The van der Waals surface area contributed by atoms with Crippen molar-refractivity contribution < 1.29 is 14.2 Å². The third kappa shape index (κ3) is 4.30. The van der Waals surface area contributed by atoms with Gasteiger partial charge in [-0.2, -0.15) is 0 Å². The molecule has 0 aromatic heterocycles. The number of ether oxygens (including phenoxy) is 1. The predicted molar refractivity (Wildman–Crippen MR) is 27.1 cm³/mol. The Hall–Kier alpha value is 0.140. The van der Waals surface area contributed by atoms with Crippen molar-refractivity contribution in [2.45, 2.75) is 6.36 Å². The summed E-state index contributed by atoms with van der Waals surface area (Å²) in [6, 6.07) is 0. The van der Waals surface area contributed by atoms with Gasteiger partial charge < -0.3 is 4.74 Å². The molecule has 0 aliphatic rings. The molecule has 0 N–H and O–H groups in total. The molecule has 0 heterocycles. The smallest absolute Gasteiger partial charge is 0.225 e. The standard InChI is InChI=1S/C4H7ClFO2/c5-1-2-8-4(6)3-7/h4H,1-3H2. The van der Waals surface area contributed by atoms with E-state index >= 15 is 0 Å². The van der Waals surface area contributed by atoms with Crippen LogP contribution in [-0.2, 0) is 9.84 Å². The molecule has 0 aromatic rings. The lowest BCUT2D eigenvalue weighted by Gasteiger charge is -2.01. The van der Waals surface area contributed by atoms with Crippen molar-refractivity contribution >= 4 is 11.6 Å². The second kappa shape index (κ2) is 5.28. The first kappa shape index (κ1) is 8.14. The van der Waals surface area contributed by atoms with E-state index in [0.717, 1.165) is 0 Å². The van der Waals surface area contributed by atoms with Gasteiger partial charge in [-0.1, -0.05) is 0 Å². The summed E-state index contributed by atoms with van der Waals surface area (Å²) in [5.41, 5.74) is 0. The summed E-state index contributed by atoms with van der Waals surface area (Å²) in [7, 11) is 0. The molecule has 0 aromatic carbocycles. The fourth-order valence-electron chi connectivity index (χ4n) is 0.221. The Labute approximate surface area is 52.2 Å². The van der Waals surface area contributed by atoms with Gasteiger partial charge in [-0.05, 0) is 0 Å². The molecule has 0 saturated carbocycles. The van der Waals surface area contributed by atoms with Gasteiger partial charge in [0.2, 0.25) is 6.36 Å². The largest absolute Gasteiger partial charge is 0.345 e. The normalized spacial score (nSPS) is 13.9. The third-order valence-corrected chi connectivity index (χ3v) is 0.661. The van der Waals surface area contributed by atoms with E-state index in [1.807, 2.05) is 0 Å². The molecule has 1 unspecified atom stereocenters. The Morgan fingerprint density at radius 1 is 1.75 bits per heavy atom. The molecule has 0 saturated heterocycles. The topological polar surface area (TPSA) is 29.1 Å². The fraction of sp³-hybridized carbons (Fsp3) is 1.00. The lowest BCUT2D eigenvalue weighted by atomic mass is 10.7. The van der Waals surface area contributed by atoms with Crippen LogP contribution in [0, 0.1) is 0 Å². The Bertz CT molecular complexity index is 53.3. The maximum absolute atomic E-state index is 11.7. The Balaban J connectivity index is 2.86. The van der Waals surface area contributed by atoms with Crippen molar-refractivity contribution in [1.82, 2.24) is 0 Å². The van der Waals surface area contributed by atoms with Crippen molar-refractivity contribution in [3.63, 3.8) is 0 Å². The van der Waals surface area contributed by atoms with E-state index in [0.29, 0.717) is 0 Å². The molecule has 0 aliphatic heterocycles. The number of alkyl halides is 2. The molecule has 0 rings (SSSR count). The van der Waals surface area contributed by atoms with Crippen LogP contribution < -0.4 is 0 Å². The van der Waals surface area contributed by atoms with Crippen molar-refractivity contribution in [2.75, 3.05) is 19.1 Å². The molecule has 4 heteroatoms. The van der Waals surface area contributed by atoms with E-state index < -0.39 is 13.0 Å². The van der Waals surface area contributed by atoms with E-state index in [9.17, 15) is 9.50 Å². The van der Waals surface area contributed by atoms with Gasteiger partial charge in [-0.3, -0.25) is 0 Å². The van der Waals surface area contributed by atoms with E-state index in [-0.39, 0.29) is 12.5 Å². The number of hydrogen-bond acceptors (Lipinski definition) is 1. The lowest BCUT2D eigenvalue weighted by Crippen LogP contribution is -2.11. The summed E-state index contributed by atoms with van der Waals surface area (Å²) < 4.78 is 16.0. The number of halogens is 2. The zero-order chi connectivity index (χ0) is 6.41. The van der Waals surface area contributed by atoms with Crippen LogP contribution in [0.5, 0.6) is 0 Å². The summed E-state index contributed by atoms with van der Waals surface area (Å²) in [4.78, 5) is 0. The minimum atomic E-state index is -1.69. The molecular weight excluding hydrogens is 134 g/mol. The van der Waals surface area contributed by atoms with Crippen LogP contribution in [0.1, 0.15) is 0 Å². The van der Waals surface area contributed by atoms with Gasteiger partial charge in [0.15, 0.2) is 0 Å². The van der Waals surface area contributed by atoms with Crippen molar-refractivity contribution in [2.24, 2.45) is 0 Å². The first-order valence-corrected chi connectivity index (χ1v) is 2.74. The van der Waals surface area contributed by atoms with Crippen LogP contribution in [0.2, 0.25) is 0 Å². The molecule has 0 fully saturated rings. The van der Waals surface area contributed by atoms with Crippen LogP contribution in [0.25, 0.3) is 0 Å². The quantitative estimate of drug-likeness (QED) is 0.537. The van der Waals surface area contributed by atoms with Crippen molar-refractivity contribution in [1.29, 1.82) is 0 Å². The molecule has 0 spiro atoms. The summed E-state index contributed by atoms with van der Waals surface area (Å²) in [6.45, 7) is -0.748. The lowest BCUT2D eigenvalue weighted by molar-refractivity contribution is -0.0801. The molecule has 8 heavy (non-hydrogen) atoms. The summed E-state index contributed by atoms with van der Waals surface area (Å²) in [6.07, 6.45) is -1.69. The van der Waals surface area contributed by atoms with Gasteiger partial charge in [-0.15, -0.1) is 11.6 Å². The molecule has 0 aliphatic carbocycles. The SMILES string of the molecule is [O]CC(F)OCCCl. The Kier molecular flexibility index (Phi) is 5.37. The van der Waals surface area contributed by atoms with E-state index in [1.165, 1.54) is 0 Å². The average Bonchev–Trinajstić information content (AvgIpc) is 1.83. The highest BCUT2D eigenvalue weighted by molar-refractivity contribution is 6.17. The van der Waals surface area contributed by atoms with Crippen LogP contribution in [0.3, 0.4) is 0 Å². The van der Waals surface area contributed by atoms with Crippen LogP contribution in [0.15, 0.2) is 0 Å². The van der Waals surface area contributed by atoms with Gasteiger partial charge in [0.25, 0.3) is 0 Å². The first-order chi connectivity index (χ1) is 3.81. The molecule has 49 valence electrons. The number of rotatable bonds is 4. The van der Waals surface area contributed by atoms with E-state index in [1.54, 1.807) is 0 Å². The maximum atomic E-state index is 11.7. The minimum Gasteiger partial charge on any atom is -0.345 e. The molecule has 2 nitrogen and oxygen atoms in total. The van der Waals surface area contributed by atoms with Gasteiger partial charge in [0.1, 0.15) is 6.61 Å². The van der Waals surface area contributed by atoms with E-state index in [2.05, 4.69) is 4.74 Å². The Morgan fingerprint density at radius 3 is 2.75 bits per heavy atom. The molecule has 1 radical (unpaired) electrons. The zero-order valence-corrected chi connectivity index (χ0v) is 5.03. The van der Waals surface area contributed by atoms with Gasteiger partial charge in [0, 0.05) is 5.88 Å².